The molecule has 5 nitrogen and oxygen atoms in total. The van der Waals surface area contributed by atoms with Crippen molar-refractivity contribution >= 4 is 27.7 Å². The third-order valence-electron chi connectivity index (χ3n) is 4.03. The summed E-state index contributed by atoms with van der Waals surface area (Å²) in [6.45, 7) is 5.62. The molecule has 0 fully saturated rings. The fourth-order valence-corrected chi connectivity index (χ4v) is 2.78. The van der Waals surface area contributed by atoms with Gasteiger partial charge in [0.1, 0.15) is 17.5 Å². The first-order chi connectivity index (χ1) is 12.4. The van der Waals surface area contributed by atoms with Crippen LogP contribution < -0.4 is 5.32 Å². The summed E-state index contributed by atoms with van der Waals surface area (Å²) in [5.74, 6) is 0.495. The molecule has 0 saturated heterocycles. The predicted octanol–water partition coefficient (Wildman–Crippen LogP) is 6.03. The Morgan fingerprint density at radius 3 is 2.42 bits per heavy atom. The molecule has 0 spiro atoms. The second-order valence-corrected chi connectivity index (χ2v) is 6.98. The van der Waals surface area contributed by atoms with Gasteiger partial charge >= 0.3 is 6.09 Å². The fraction of sp³-hybridized carbons (Fsp3) is 0.200. The molecule has 1 N–H and O–H groups in total. The van der Waals surface area contributed by atoms with Crippen LogP contribution in [0.15, 0.2) is 57.5 Å². The lowest BCUT2D eigenvalue weighted by molar-refractivity contribution is 0.121. The lowest BCUT2D eigenvalue weighted by Gasteiger charge is -2.14. The Kier molecular flexibility index (Phi) is 5.42. The normalized spacial score (nSPS) is 11.8. The Morgan fingerprint density at radius 2 is 1.77 bits per heavy atom. The Morgan fingerprint density at radius 1 is 1.12 bits per heavy atom. The molecule has 1 atom stereocenters. The van der Waals surface area contributed by atoms with Gasteiger partial charge in [-0.3, -0.25) is 5.32 Å². The third kappa shape index (κ3) is 4.14. The number of ether oxygens (including phenoxy) is 1. The van der Waals surface area contributed by atoms with Crippen molar-refractivity contribution in [2.45, 2.75) is 26.9 Å². The van der Waals surface area contributed by atoms with Crippen molar-refractivity contribution in [2.24, 2.45) is 0 Å². The summed E-state index contributed by atoms with van der Waals surface area (Å²) >= 11 is 3.40. The van der Waals surface area contributed by atoms with Crippen LogP contribution in [0.1, 0.15) is 29.8 Å². The molecule has 0 radical (unpaired) electrons. The number of amides is 1. The van der Waals surface area contributed by atoms with E-state index in [1.807, 2.05) is 62.4 Å². The Balaban J connectivity index is 1.74. The lowest BCUT2D eigenvalue weighted by Crippen LogP contribution is -2.16. The van der Waals surface area contributed by atoms with Gasteiger partial charge in [-0.15, -0.1) is 0 Å². The van der Waals surface area contributed by atoms with Gasteiger partial charge < -0.3 is 9.26 Å². The Hall–Kier alpha value is -2.60. The summed E-state index contributed by atoms with van der Waals surface area (Å²) in [6, 6.07) is 15.4. The van der Waals surface area contributed by atoms with Gasteiger partial charge in [-0.2, -0.15) is 0 Å². The minimum atomic E-state index is -0.553. The number of nitrogens with one attached hydrogen (secondary N) is 1. The maximum Gasteiger partial charge on any atom is 0.412 e. The topological polar surface area (TPSA) is 64.4 Å². The molecule has 0 aliphatic rings. The molecular formula is C20H19BrN2O3. The second-order valence-electron chi connectivity index (χ2n) is 6.06. The summed E-state index contributed by atoms with van der Waals surface area (Å²) < 4.78 is 11.8. The number of aromatic nitrogens is 1. The lowest BCUT2D eigenvalue weighted by atomic mass is 10.1. The summed E-state index contributed by atoms with van der Waals surface area (Å²) in [6.07, 6.45) is -0.922. The van der Waals surface area contributed by atoms with Crippen molar-refractivity contribution in [3.63, 3.8) is 0 Å². The predicted molar refractivity (Wildman–Crippen MR) is 104 cm³/mol. The van der Waals surface area contributed by atoms with E-state index < -0.39 is 6.09 Å². The van der Waals surface area contributed by atoms with Crippen molar-refractivity contribution in [3.8, 4) is 11.3 Å². The molecular weight excluding hydrogens is 396 g/mol. The zero-order valence-electron chi connectivity index (χ0n) is 14.7. The summed E-state index contributed by atoms with van der Waals surface area (Å²) in [5.41, 5.74) is 4.00. The summed E-state index contributed by atoms with van der Waals surface area (Å²) in [4.78, 5) is 12.3. The van der Waals surface area contributed by atoms with Gasteiger partial charge in [0.25, 0.3) is 0 Å². The maximum absolute atomic E-state index is 12.3. The molecule has 134 valence electrons. The first kappa shape index (κ1) is 18.2. The van der Waals surface area contributed by atoms with Crippen LogP contribution in [0.4, 0.5) is 10.5 Å². The number of hydrogen-bond donors (Lipinski definition) is 1. The largest absolute Gasteiger partial charge is 0.441 e. The van der Waals surface area contributed by atoms with Crippen LogP contribution in [0.5, 0.6) is 0 Å². The minimum absolute atomic E-state index is 0.369. The number of carbonyl (C=O) groups excluding carboxylic acids is 1. The minimum Gasteiger partial charge on any atom is -0.441 e. The van der Waals surface area contributed by atoms with E-state index in [0.717, 1.165) is 21.2 Å². The second kappa shape index (κ2) is 7.74. The van der Waals surface area contributed by atoms with Crippen molar-refractivity contribution in [1.82, 2.24) is 5.16 Å². The van der Waals surface area contributed by atoms with Crippen LogP contribution in [-0.4, -0.2) is 11.2 Å². The molecule has 0 saturated carbocycles. The highest BCUT2D eigenvalue weighted by molar-refractivity contribution is 9.10. The highest BCUT2D eigenvalue weighted by atomic mass is 79.9. The Bertz CT molecular complexity index is 902. The van der Waals surface area contributed by atoms with Gasteiger partial charge in [-0.05, 0) is 50.6 Å². The molecule has 1 heterocycles. The summed E-state index contributed by atoms with van der Waals surface area (Å²) in [7, 11) is 0. The molecule has 0 aliphatic carbocycles. The van der Waals surface area contributed by atoms with Gasteiger partial charge in [0.15, 0.2) is 5.76 Å². The average molecular weight is 415 g/mol. The molecule has 2 aromatic carbocycles. The van der Waals surface area contributed by atoms with Crippen LogP contribution in [-0.2, 0) is 4.74 Å². The van der Waals surface area contributed by atoms with Crippen LogP contribution in [0, 0.1) is 13.8 Å². The van der Waals surface area contributed by atoms with E-state index in [0.29, 0.717) is 17.1 Å². The zero-order chi connectivity index (χ0) is 18.7. The van der Waals surface area contributed by atoms with Crippen molar-refractivity contribution in [3.05, 3.63) is 69.8 Å². The van der Waals surface area contributed by atoms with Crippen LogP contribution >= 0.6 is 15.9 Å². The van der Waals surface area contributed by atoms with Crippen molar-refractivity contribution in [2.75, 3.05) is 5.32 Å². The average Bonchev–Trinajstić information content (AvgIpc) is 2.97. The van der Waals surface area contributed by atoms with E-state index >= 15 is 0 Å². The van der Waals surface area contributed by atoms with E-state index in [-0.39, 0.29) is 6.10 Å². The van der Waals surface area contributed by atoms with Gasteiger partial charge in [-0.1, -0.05) is 50.9 Å². The monoisotopic (exact) mass is 414 g/mol. The van der Waals surface area contributed by atoms with E-state index in [2.05, 4.69) is 26.4 Å². The smallest absolute Gasteiger partial charge is 0.412 e. The van der Waals surface area contributed by atoms with Crippen molar-refractivity contribution < 1.29 is 14.1 Å². The van der Waals surface area contributed by atoms with Crippen LogP contribution in [0.3, 0.4) is 0 Å². The number of rotatable bonds is 4. The standard InChI is InChI=1S/C20H19BrN2O3/c1-12-4-6-15(7-5-12)14(3)25-20(24)22-18-13(2)23-26-19(18)16-8-10-17(21)11-9-16/h4-11,14H,1-3H3,(H,22,24). The first-order valence-corrected chi connectivity index (χ1v) is 8.99. The molecule has 26 heavy (non-hydrogen) atoms. The summed E-state index contributed by atoms with van der Waals surface area (Å²) in [5, 5.41) is 6.71. The van der Waals surface area contributed by atoms with Gasteiger partial charge in [-0.25, -0.2) is 4.79 Å². The Labute approximate surface area is 160 Å². The molecule has 3 aromatic rings. The molecule has 0 aliphatic heterocycles. The molecule has 0 bridgehead atoms. The van der Waals surface area contributed by atoms with E-state index in [9.17, 15) is 4.79 Å². The highest BCUT2D eigenvalue weighted by Gasteiger charge is 2.19. The van der Waals surface area contributed by atoms with Gasteiger partial charge in [0.2, 0.25) is 0 Å². The van der Waals surface area contributed by atoms with Crippen LogP contribution in [0.25, 0.3) is 11.3 Å². The quantitative estimate of drug-likeness (QED) is 0.565. The molecule has 3 rings (SSSR count). The number of benzene rings is 2. The fourth-order valence-electron chi connectivity index (χ4n) is 2.51. The molecule has 1 aromatic heterocycles. The first-order valence-electron chi connectivity index (χ1n) is 8.20. The molecule has 1 amide bonds. The highest BCUT2D eigenvalue weighted by Crippen LogP contribution is 2.32. The van der Waals surface area contributed by atoms with E-state index in [1.54, 1.807) is 6.92 Å². The van der Waals surface area contributed by atoms with Gasteiger partial charge in [0, 0.05) is 10.0 Å². The number of aryl methyl sites for hydroxylation is 2. The third-order valence-corrected chi connectivity index (χ3v) is 4.56. The van der Waals surface area contributed by atoms with E-state index in [1.165, 1.54) is 0 Å². The molecule has 1 unspecified atom stereocenters. The SMILES string of the molecule is Cc1ccc(C(C)OC(=O)Nc2c(C)noc2-c2ccc(Br)cc2)cc1. The zero-order valence-corrected chi connectivity index (χ0v) is 16.3. The number of halogens is 1. The maximum atomic E-state index is 12.3. The van der Waals surface area contributed by atoms with Crippen molar-refractivity contribution in [1.29, 1.82) is 0 Å². The van der Waals surface area contributed by atoms with Gasteiger partial charge in [0.05, 0.1) is 0 Å². The molecule has 6 heteroatoms. The number of hydrogen-bond acceptors (Lipinski definition) is 4. The number of carbonyl (C=O) groups is 1. The number of nitrogens with zero attached hydrogens (tertiary/aromatic N) is 1. The van der Waals surface area contributed by atoms with E-state index in [4.69, 9.17) is 9.26 Å². The van der Waals surface area contributed by atoms with Crippen LogP contribution in [0.2, 0.25) is 0 Å². The number of anilines is 1.